The van der Waals surface area contributed by atoms with Crippen LogP contribution in [0.2, 0.25) is 0 Å². The van der Waals surface area contributed by atoms with Crippen LogP contribution in [0.15, 0.2) is 16.6 Å². The van der Waals surface area contributed by atoms with Crippen molar-refractivity contribution in [3.8, 4) is 0 Å². The molecular formula is C10H13BrN2O2. The minimum atomic E-state index is -0.368. The summed E-state index contributed by atoms with van der Waals surface area (Å²) in [6.07, 6.45) is 0. The molecule has 0 saturated carbocycles. The molecule has 0 fully saturated rings. The number of anilines is 1. The molecular weight excluding hydrogens is 260 g/mol. The zero-order valence-corrected chi connectivity index (χ0v) is 10.5. The van der Waals surface area contributed by atoms with Crippen molar-refractivity contribution in [3.63, 3.8) is 0 Å². The van der Waals surface area contributed by atoms with Crippen molar-refractivity contribution in [2.24, 2.45) is 0 Å². The second-order valence-corrected chi connectivity index (χ2v) is 4.53. The summed E-state index contributed by atoms with van der Waals surface area (Å²) >= 11 is 3.37. The lowest BCUT2D eigenvalue weighted by Crippen LogP contribution is -2.10. The zero-order chi connectivity index (χ0) is 11.6. The number of halogens is 1. The normalized spacial score (nSPS) is 10.5. The summed E-state index contributed by atoms with van der Waals surface area (Å²) in [5.74, 6) is 0. The third-order valence-corrected chi connectivity index (χ3v) is 2.58. The Bertz CT molecular complexity index is 391. The van der Waals surface area contributed by atoms with Gasteiger partial charge in [0.05, 0.1) is 10.6 Å². The minimum absolute atomic E-state index is 0.140. The molecule has 0 bridgehead atoms. The van der Waals surface area contributed by atoms with Gasteiger partial charge < -0.3 is 5.32 Å². The molecule has 5 heteroatoms. The average molecular weight is 273 g/mol. The molecule has 1 aromatic carbocycles. The smallest absolute Gasteiger partial charge is 0.274 e. The summed E-state index contributed by atoms with van der Waals surface area (Å²) in [6, 6.07) is 3.55. The number of rotatable bonds is 3. The van der Waals surface area contributed by atoms with Gasteiger partial charge in [0, 0.05) is 22.1 Å². The van der Waals surface area contributed by atoms with Crippen molar-refractivity contribution in [1.29, 1.82) is 0 Å². The molecule has 1 aromatic rings. The molecule has 15 heavy (non-hydrogen) atoms. The highest BCUT2D eigenvalue weighted by Crippen LogP contribution is 2.30. The highest BCUT2D eigenvalue weighted by Gasteiger charge is 2.14. The number of benzene rings is 1. The van der Waals surface area contributed by atoms with Gasteiger partial charge in [0.1, 0.15) is 0 Å². The molecule has 0 amide bonds. The van der Waals surface area contributed by atoms with E-state index in [9.17, 15) is 10.1 Å². The summed E-state index contributed by atoms with van der Waals surface area (Å²) in [5, 5.41) is 13.9. The van der Waals surface area contributed by atoms with E-state index in [-0.39, 0.29) is 16.7 Å². The monoisotopic (exact) mass is 272 g/mol. The number of nitro groups is 1. The maximum Gasteiger partial charge on any atom is 0.274 e. The van der Waals surface area contributed by atoms with Gasteiger partial charge in [-0.25, -0.2) is 0 Å². The molecule has 0 aromatic heterocycles. The quantitative estimate of drug-likeness (QED) is 0.677. The van der Waals surface area contributed by atoms with E-state index in [2.05, 4.69) is 21.2 Å². The predicted octanol–water partition coefficient (Wildman–Crippen LogP) is 3.49. The van der Waals surface area contributed by atoms with Crippen LogP contribution in [0, 0.1) is 17.0 Å². The van der Waals surface area contributed by atoms with Gasteiger partial charge in [-0.1, -0.05) is 0 Å². The Morgan fingerprint density at radius 1 is 1.47 bits per heavy atom. The number of nitrogens with one attached hydrogen (secondary N) is 1. The van der Waals surface area contributed by atoms with Gasteiger partial charge >= 0.3 is 0 Å². The molecule has 0 saturated heterocycles. The van der Waals surface area contributed by atoms with E-state index in [0.29, 0.717) is 5.56 Å². The molecule has 1 rings (SSSR count). The lowest BCUT2D eigenvalue weighted by molar-refractivity contribution is -0.385. The first-order valence-electron chi connectivity index (χ1n) is 4.63. The maximum absolute atomic E-state index is 10.7. The Hall–Kier alpha value is -1.10. The summed E-state index contributed by atoms with van der Waals surface area (Å²) < 4.78 is 0.847. The van der Waals surface area contributed by atoms with Crippen LogP contribution in [0.25, 0.3) is 0 Å². The predicted molar refractivity (Wildman–Crippen MR) is 64.3 cm³/mol. The van der Waals surface area contributed by atoms with Gasteiger partial charge in [0.15, 0.2) is 0 Å². The van der Waals surface area contributed by atoms with E-state index in [1.807, 2.05) is 13.8 Å². The second kappa shape index (κ2) is 4.61. The molecule has 0 unspecified atom stereocenters. The van der Waals surface area contributed by atoms with Gasteiger partial charge in [-0.3, -0.25) is 10.1 Å². The molecule has 82 valence electrons. The molecule has 1 N–H and O–H groups in total. The van der Waals surface area contributed by atoms with Crippen molar-refractivity contribution >= 4 is 27.3 Å². The Balaban J connectivity index is 3.17. The highest BCUT2D eigenvalue weighted by molar-refractivity contribution is 9.10. The Kier molecular flexibility index (Phi) is 3.68. The minimum Gasteiger partial charge on any atom is -0.382 e. The summed E-state index contributed by atoms with van der Waals surface area (Å²) in [6.45, 7) is 5.69. The van der Waals surface area contributed by atoms with E-state index in [1.165, 1.54) is 0 Å². The van der Waals surface area contributed by atoms with E-state index in [1.54, 1.807) is 19.1 Å². The number of hydrogen-bond donors (Lipinski definition) is 1. The lowest BCUT2D eigenvalue weighted by Gasteiger charge is -2.12. The fraction of sp³-hybridized carbons (Fsp3) is 0.400. The first-order valence-corrected chi connectivity index (χ1v) is 5.42. The Morgan fingerprint density at radius 3 is 2.53 bits per heavy atom. The van der Waals surface area contributed by atoms with E-state index >= 15 is 0 Å². The van der Waals surface area contributed by atoms with Crippen LogP contribution >= 0.6 is 15.9 Å². The molecule has 0 aliphatic rings. The number of aryl methyl sites for hydroxylation is 1. The van der Waals surface area contributed by atoms with Crippen LogP contribution < -0.4 is 5.32 Å². The zero-order valence-electron chi connectivity index (χ0n) is 8.87. The number of hydrogen-bond acceptors (Lipinski definition) is 3. The SMILES string of the molecule is Cc1cc(Br)c(NC(C)C)cc1[N+](=O)[O-]. The van der Waals surface area contributed by atoms with Crippen LogP contribution in [0.5, 0.6) is 0 Å². The van der Waals surface area contributed by atoms with Crippen molar-refractivity contribution in [3.05, 3.63) is 32.3 Å². The Morgan fingerprint density at radius 2 is 2.07 bits per heavy atom. The van der Waals surface area contributed by atoms with Crippen LogP contribution in [-0.2, 0) is 0 Å². The van der Waals surface area contributed by atoms with Crippen molar-refractivity contribution in [1.82, 2.24) is 0 Å². The number of nitro benzene ring substituents is 1. The van der Waals surface area contributed by atoms with Crippen LogP contribution in [-0.4, -0.2) is 11.0 Å². The Labute approximate surface area is 97.0 Å². The maximum atomic E-state index is 10.7. The fourth-order valence-electron chi connectivity index (χ4n) is 1.28. The van der Waals surface area contributed by atoms with Crippen LogP contribution in [0.4, 0.5) is 11.4 Å². The van der Waals surface area contributed by atoms with E-state index in [0.717, 1.165) is 10.2 Å². The third-order valence-electron chi connectivity index (χ3n) is 1.93. The molecule has 4 nitrogen and oxygen atoms in total. The summed E-state index contributed by atoms with van der Waals surface area (Å²) in [4.78, 5) is 10.4. The summed E-state index contributed by atoms with van der Waals surface area (Å²) in [7, 11) is 0. The highest BCUT2D eigenvalue weighted by atomic mass is 79.9. The lowest BCUT2D eigenvalue weighted by atomic mass is 10.2. The van der Waals surface area contributed by atoms with E-state index in [4.69, 9.17) is 0 Å². The standard InChI is InChI=1S/C10H13BrN2O2/c1-6(2)12-9-5-10(13(14)15)7(3)4-8(9)11/h4-6,12H,1-3H3. The molecule has 0 radical (unpaired) electrons. The molecule has 0 spiro atoms. The number of nitrogens with zero attached hydrogens (tertiary/aromatic N) is 1. The van der Waals surface area contributed by atoms with Gasteiger partial charge in [0.25, 0.3) is 5.69 Å². The summed E-state index contributed by atoms with van der Waals surface area (Å²) in [5.41, 5.74) is 1.55. The van der Waals surface area contributed by atoms with Crippen LogP contribution in [0.1, 0.15) is 19.4 Å². The first kappa shape index (κ1) is 12.0. The fourth-order valence-corrected chi connectivity index (χ4v) is 1.85. The van der Waals surface area contributed by atoms with Crippen LogP contribution in [0.3, 0.4) is 0 Å². The average Bonchev–Trinajstić information content (AvgIpc) is 2.08. The van der Waals surface area contributed by atoms with Crippen molar-refractivity contribution < 1.29 is 4.92 Å². The second-order valence-electron chi connectivity index (χ2n) is 3.67. The van der Waals surface area contributed by atoms with Crippen molar-refractivity contribution in [2.45, 2.75) is 26.8 Å². The van der Waals surface area contributed by atoms with Gasteiger partial charge in [-0.15, -0.1) is 0 Å². The molecule has 0 atom stereocenters. The van der Waals surface area contributed by atoms with Gasteiger partial charge in [-0.05, 0) is 42.8 Å². The molecule has 0 heterocycles. The molecule has 0 aliphatic carbocycles. The largest absolute Gasteiger partial charge is 0.382 e. The van der Waals surface area contributed by atoms with E-state index < -0.39 is 0 Å². The van der Waals surface area contributed by atoms with Gasteiger partial charge in [0.2, 0.25) is 0 Å². The third kappa shape index (κ3) is 2.92. The topological polar surface area (TPSA) is 55.2 Å². The first-order chi connectivity index (χ1) is 6.91. The van der Waals surface area contributed by atoms with Crippen molar-refractivity contribution in [2.75, 3.05) is 5.32 Å². The molecule has 0 aliphatic heterocycles. The van der Waals surface area contributed by atoms with Gasteiger partial charge in [-0.2, -0.15) is 0 Å².